The second-order valence-corrected chi connectivity index (χ2v) is 5.05. The summed E-state index contributed by atoms with van der Waals surface area (Å²) < 4.78 is 19.5. The maximum atomic E-state index is 13.7. The number of aryl methyl sites for hydroxylation is 1. The van der Waals surface area contributed by atoms with E-state index >= 15 is 0 Å². The Morgan fingerprint density at radius 3 is 2.75 bits per heavy atom. The molecule has 0 unspecified atom stereocenters. The average molecular weight is 294 g/mol. The zero-order chi connectivity index (χ0) is 14.5. The number of hydrogen-bond donors (Lipinski definition) is 1. The summed E-state index contributed by atoms with van der Waals surface area (Å²) in [5.74, 6) is 0.486. The highest BCUT2D eigenvalue weighted by Crippen LogP contribution is 2.25. The molecule has 20 heavy (non-hydrogen) atoms. The molecule has 0 saturated carbocycles. The molecule has 2 nitrogen and oxygen atoms in total. The highest BCUT2D eigenvalue weighted by Gasteiger charge is 2.09. The molecule has 2 rings (SSSR count). The van der Waals surface area contributed by atoms with Crippen LogP contribution in [0.25, 0.3) is 0 Å². The first-order valence-electron chi connectivity index (χ1n) is 6.41. The Kier molecular flexibility index (Phi) is 4.99. The minimum Gasteiger partial charge on any atom is -0.488 e. The van der Waals surface area contributed by atoms with E-state index in [1.807, 2.05) is 32.2 Å². The third kappa shape index (κ3) is 3.50. The molecule has 0 aliphatic heterocycles. The molecule has 0 fully saturated rings. The van der Waals surface area contributed by atoms with Crippen molar-refractivity contribution in [3.05, 3.63) is 63.9 Å². The summed E-state index contributed by atoms with van der Waals surface area (Å²) in [5.41, 5.74) is 2.53. The zero-order valence-corrected chi connectivity index (χ0v) is 12.3. The van der Waals surface area contributed by atoms with Crippen molar-refractivity contribution in [3.63, 3.8) is 0 Å². The van der Waals surface area contributed by atoms with Crippen LogP contribution >= 0.6 is 11.6 Å². The number of halogens is 2. The summed E-state index contributed by atoms with van der Waals surface area (Å²) in [7, 11) is 1.88. The minimum atomic E-state index is -0.307. The van der Waals surface area contributed by atoms with Crippen LogP contribution in [0.1, 0.15) is 16.7 Å². The van der Waals surface area contributed by atoms with E-state index in [1.165, 1.54) is 12.1 Å². The van der Waals surface area contributed by atoms with Gasteiger partial charge in [0.1, 0.15) is 18.2 Å². The third-order valence-electron chi connectivity index (χ3n) is 3.04. The Bertz CT molecular complexity index is 601. The Balaban J connectivity index is 2.20. The first-order chi connectivity index (χ1) is 9.61. The largest absolute Gasteiger partial charge is 0.488 e. The van der Waals surface area contributed by atoms with E-state index in [0.717, 1.165) is 16.9 Å². The molecule has 0 heterocycles. The predicted octanol–water partition coefficient (Wildman–Crippen LogP) is 4.09. The summed E-state index contributed by atoms with van der Waals surface area (Å²) in [4.78, 5) is 0. The lowest BCUT2D eigenvalue weighted by Gasteiger charge is -2.14. The monoisotopic (exact) mass is 293 g/mol. The number of para-hydroxylation sites is 1. The predicted molar refractivity (Wildman–Crippen MR) is 79.7 cm³/mol. The number of nitrogens with one attached hydrogen (secondary N) is 1. The van der Waals surface area contributed by atoms with Crippen LogP contribution in [0.15, 0.2) is 36.4 Å². The van der Waals surface area contributed by atoms with Crippen molar-refractivity contribution < 1.29 is 9.13 Å². The molecule has 2 aromatic carbocycles. The Morgan fingerprint density at radius 2 is 2.00 bits per heavy atom. The van der Waals surface area contributed by atoms with Crippen molar-refractivity contribution in [2.75, 3.05) is 7.05 Å². The second kappa shape index (κ2) is 6.73. The molecule has 0 radical (unpaired) electrons. The van der Waals surface area contributed by atoms with E-state index in [0.29, 0.717) is 17.1 Å². The van der Waals surface area contributed by atoms with E-state index in [-0.39, 0.29) is 12.4 Å². The van der Waals surface area contributed by atoms with Gasteiger partial charge in [-0.3, -0.25) is 0 Å². The lowest BCUT2D eigenvalue weighted by atomic mass is 10.1. The smallest absolute Gasteiger partial charge is 0.129 e. The quantitative estimate of drug-likeness (QED) is 0.896. The van der Waals surface area contributed by atoms with Gasteiger partial charge < -0.3 is 10.1 Å². The molecule has 0 atom stereocenters. The van der Waals surface area contributed by atoms with Gasteiger partial charge in [-0.2, -0.15) is 0 Å². The van der Waals surface area contributed by atoms with Gasteiger partial charge in [-0.05, 0) is 37.7 Å². The molecule has 0 saturated heterocycles. The Labute approximate surface area is 123 Å². The molecule has 0 aliphatic carbocycles. The lowest BCUT2D eigenvalue weighted by Crippen LogP contribution is -2.09. The van der Waals surface area contributed by atoms with Gasteiger partial charge in [0.05, 0.1) is 0 Å². The van der Waals surface area contributed by atoms with E-state index < -0.39 is 0 Å². The summed E-state index contributed by atoms with van der Waals surface area (Å²) in [6, 6.07) is 10.4. The van der Waals surface area contributed by atoms with E-state index in [9.17, 15) is 4.39 Å². The maximum absolute atomic E-state index is 13.7. The molecular weight excluding hydrogens is 277 g/mol. The van der Waals surface area contributed by atoms with Crippen LogP contribution < -0.4 is 10.1 Å². The van der Waals surface area contributed by atoms with Gasteiger partial charge in [-0.1, -0.05) is 29.8 Å². The molecule has 0 amide bonds. The minimum absolute atomic E-state index is 0.161. The fraction of sp³-hybridized carbons (Fsp3) is 0.250. The van der Waals surface area contributed by atoms with Gasteiger partial charge in [0.25, 0.3) is 0 Å². The van der Waals surface area contributed by atoms with Gasteiger partial charge in [-0.15, -0.1) is 0 Å². The lowest BCUT2D eigenvalue weighted by molar-refractivity contribution is 0.294. The van der Waals surface area contributed by atoms with Crippen LogP contribution in [0, 0.1) is 12.7 Å². The summed E-state index contributed by atoms with van der Waals surface area (Å²) in [5, 5.41) is 3.60. The van der Waals surface area contributed by atoms with Gasteiger partial charge in [-0.25, -0.2) is 4.39 Å². The van der Waals surface area contributed by atoms with Gasteiger partial charge in [0.2, 0.25) is 0 Å². The van der Waals surface area contributed by atoms with E-state index in [4.69, 9.17) is 16.3 Å². The topological polar surface area (TPSA) is 21.3 Å². The summed E-state index contributed by atoms with van der Waals surface area (Å²) in [6.07, 6.45) is 0. The van der Waals surface area contributed by atoms with E-state index in [2.05, 4.69) is 5.32 Å². The molecular formula is C16H17ClFNO. The molecule has 1 N–H and O–H groups in total. The van der Waals surface area contributed by atoms with Crippen LogP contribution in [-0.2, 0) is 13.2 Å². The van der Waals surface area contributed by atoms with Crippen LogP contribution in [0.5, 0.6) is 5.75 Å². The maximum Gasteiger partial charge on any atom is 0.129 e. The Hall–Kier alpha value is -1.58. The number of benzene rings is 2. The highest BCUT2D eigenvalue weighted by molar-refractivity contribution is 6.30. The standard InChI is InChI=1S/C16H17ClFNO/c1-11-4-3-5-12(9-19-2)16(11)20-10-13-8-14(17)6-7-15(13)18/h3-8,19H,9-10H2,1-2H3. The van der Waals surface area contributed by atoms with Crippen molar-refractivity contribution in [2.24, 2.45) is 0 Å². The molecule has 0 aliphatic rings. The van der Waals surface area contributed by atoms with Crippen molar-refractivity contribution in [1.29, 1.82) is 0 Å². The molecule has 2 aromatic rings. The van der Waals surface area contributed by atoms with Gasteiger partial charge >= 0.3 is 0 Å². The Morgan fingerprint density at radius 1 is 1.20 bits per heavy atom. The number of rotatable bonds is 5. The molecule has 0 spiro atoms. The van der Waals surface area contributed by atoms with Crippen LogP contribution in [0.4, 0.5) is 4.39 Å². The molecule has 0 bridgehead atoms. The van der Waals surface area contributed by atoms with Gasteiger partial charge in [0.15, 0.2) is 0 Å². The highest BCUT2D eigenvalue weighted by atomic mass is 35.5. The fourth-order valence-electron chi connectivity index (χ4n) is 2.05. The number of hydrogen-bond acceptors (Lipinski definition) is 2. The van der Waals surface area contributed by atoms with Crippen molar-refractivity contribution in [2.45, 2.75) is 20.1 Å². The van der Waals surface area contributed by atoms with Gasteiger partial charge in [0, 0.05) is 22.7 Å². The van der Waals surface area contributed by atoms with E-state index in [1.54, 1.807) is 6.07 Å². The summed E-state index contributed by atoms with van der Waals surface area (Å²) in [6.45, 7) is 2.84. The van der Waals surface area contributed by atoms with Crippen LogP contribution in [0.2, 0.25) is 5.02 Å². The molecule has 4 heteroatoms. The van der Waals surface area contributed by atoms with Crippen molar-refractivity contribution in [3.8, 4) is 5.75 Å². The third-order valence-corrected chi connectivity index (χ3v) is 3.28. The SMILES string of the molecule is CNCc1cccc(C)c1OCc1cc(Cl)ccc1F. The van der Waals surface area contributed by atoms with Crippen molar-refractivity contribution in [1.82, 2.24) is 5.32 Å². The molecule has 0 aromatic heterocycles. The average Bonchev–Trinajstić information content (AvgIpc) is 2.42. The first-order valence-corrected chi connectivity index (χ1v) is 6.79. The second-order valence-electron chi connectivity index (χ2n) is 4.62. The fourth-order valence-corrected chi connectivity index (χ4v) is 2.25. The molecule has 106 valence electrons. The first kappa shape index (κ1) is 14.8. The zero-order valence-electron chi connectivity index (χ0n) is 11.5. The van der Waals surface area contributed by atoms with Crippen molar-refractivity contribution >= 4 is 11.6 Å². The normalized spacial score (nSPS) is 10.6. The van der Waals surface area contributed by atoms with Crippen LogP contribution in [-0.4, -0.2) is 7.05 Å². The van der Waals surface area contributed by atoms with Crippen LogP contribution in [0.3, 0.4) is 0 Å². The number of ether oxygens (including phenoxy) is 1. The summed E-state index contributed by atoms with van der Waals surface area (Å²) >= 11 is 5.88.